The Hall–Kier alpha value is -2.89. The maximum absolute atomic E-state index is 12.4. The minimum absolute atomic E-state index is 0.141. The molecule has 0 radical (unpaired) electrons. The van der Waals surface area contributed by atoms with Crippen molar-refractivity contribution >= 4 is 17.1 Å². The van der Waals surface area contributed by atoms with Crippen molar-refractivity contribution in [2.75, 3.05) is 7.05 Å². The lowest BCUT2D eigenvalue weighted by atomic mass is 10.1. The third kappa shape index (κ3) is 3.85. The maximum Gasteiger partial charge on any atom is 0.317 e. The number of nitrogens with one attached hydrogen (secondary N) is 2. The first-order chi connectivity index (χ1) is 12.3. The lowest BCUT2D eigenvalue weighted by Gasteiger charge is -2.17. The average Bonchev–Trinajstić information content (AvgIpc) is 2.95. The number of aryl methyl sites for hydroxylation is 4. The van der Waals surface area contributed by atoms with E-state index in [1.54, 1.807) is 11.9 Å². The fourth-order valence-corrected chi connectivity index (χ4v) is 2.91. The number of aromatic amines is 1. The van der Waals surface area contributed by atoms with Gasteiger partial charge in [0.2, 0.25) is 0 Å². The Morgan fingerprint density at radius 2 is 1.85 bits per heavy atom. The van der Waals surface area contributed by atoms with Crippen LogP contribution in [0.3, 0.4) is 0 Å². The van der Waals surface area contributed by atoms with E-state index in [0.717, 1.165) is 33.7 Å². The number of aromatic nitrogens is 3. The van der Waals surface area contributed by atoms with Gasteiger partial charge in [-0.1, -0.05) is 0 Å². The zero-order valence-electron chi connectivity index (χ0n) is 16.0. The summed E-state index contributed by atoms with van der Waals surface area (Å²) in [6.07, 6.45) is 1.81. The highest BCUT2D eigenvalue weighted by Gasteiger charge is 2.12. The van der Waals surface area contributed by atoms with Gasteiger partial charge in [0, 0.05) is 25.5 Å². The molecule has 0 aliphatic carbocycles. The van der Waals surface area contributed by atoms with E-state index in [4.69, 9.17) is 0 Å². The van der Waals surface area contributed by atoms with Gasteiger partial charge >= 0.3 is 6.03 Å². The number of carbonyl (C=O) groups is 1. The van der Waals surface area contributed by atoms with E-state index in [1.807, 2.05) is 26.1 Å². The quantitative estimate of drug-likeness (QED) is 0.755. The predicted molar refractivity (Wildman–Crippen MR) is 103 cm³/mol. The Morgan fingerprint density at radius 3 is 2.58 bits per heavy atom. The van der Waals surface area contributed by atoms with E-state index in [1.165, 1.54) is 11.1 Å². The molecule has 136 valence electrons. The molecular formula is C20H25N5O. The predicted octanol–water partition coefficient (Wildman–Crippen LogP) is 3.53. The monoisotopic (exact) mass is 351 g/mol. The van der Waals surface area contributed by atoms with E-state index >= 15 is 0 Å². The summed E-state index contributed by atoms with van der Waals surface area (Å²) in [6, 6.07) is 6.04. The van der Waals surface area contributed by atoms with E-state index in [9.17, 15) is 4.79 Å². The molecule has 3 rings (SSSR count). The van der Waals surface area contributed by atoms with Crippen LogP contribution in [0.4, 0.5) is 4.79 Å². The van der Waals surface area contributed by atoms with Crippen LogP contribution in [-0.2, 0) is 13.1 Å². The number of carbonyl (C=O) groups excluding carboxylic acids is 1. The van der Waals surface area contributed by atoms with Crippen molar-refractivity contribution in [2.45, 2.75) is 40.8 Å². The van der Waals surface area contributed by atoms with E-state index in [-0.39, 0.29) is 6.03 Å². The number of fused-ring (bicyclic) bond motifs is 1. The average molecular weight is 351 g/mol. The molecule has 2 aromatic heterocycles. The van der Waals surface area contributed by atoms with Gasteiger partial charge in [0.05, 0.1) is 17.6 Å². The normalized spacial score (nSPS) is 11.0. The smallest absolute Gasteiger partial charge is 0.317 e. The van der Waals surface area contributed by atoms with Crippen LogP contribution in [0.15, 0.2) is 24.4 Å². The van der Waals surface area contributed by atoms with Gasteiger partial charge in [0.25, 0.3) is 0 Å². The summed E-state index contributed by atoms with van der Waals surface area (Å²) in [4.78, 5) is 26.2. The Kier molecular flexibility index (Phi) is 4.93. The highest BCUT2D eigenvalue weighted by molar-refractivity contribution is 5.77. The van der Waals surface area contributed by atoms with Gasteiger partial charge in [-0.3, -0.25) is 4.98 Å². The summed E-state index contributed by atoms with van der Waals surface area (Å²) < 4.78 is 0. The van der Waals surface area contributed by atoms with Gasteiger partial charge in [0.15, 0.2) is 0 Å². The summed E-state index contributed by atoms with van der Waals surface area (Å²) in [6.45, 7) is 9.02. The van der Waals surface area contributed by atoms with Crippen LogP contribution in [0.5, 0.6) is 0 Å². The standard InChI is InChI=1S/C20H25N5O/c1-12-7-17-18(8-13(12)2)24-19(23-17)11-25(5)20(26)22-10-16-9-21-15(4)6-14(16)3/h6-9H,10-11H2,1-5H3,(H,22,26)(H,23,24). The van der Waals surface area contributed by atoms with Gasteiger partial charge in [-0.15, -0.1) is 0 Å². The van der Waals surface area contributed by atoms with Crippen molar-refractivity contribution in [2.24, 2.45) is 0 Å². The highest BCUT2D eigenvalue weighted by Crippen LogP contribution is 2.17. The summed E-state index contributed by atoms with van der Waals surface area (Å²) in [7, 11) is 1.76. The number of urea groups is 1. The van der Waals surface area contributed by atoms with Crippen LogP contribution in [0.2, 0.25) is 0 Å². The number of hydrogen-bond donors (Lipinski definition) is 2. The molecule has 3 aromatic rings. The Balaban J connectivity index is 1.63. The van der Waals surface area contributed by atoms with Crippen molar-refractivity contribution < 1.29 is 4.79 Å². The number of imidazole rings is 1. The molecule has 0 spiro atoms. The van der Waals surface area contributed by atoms with Crippen LogP contribution >= 0.6 is 0 Å². The summed E-state index contributed by atoms with van der Waals surface area (Å²) in [5, 5.41) is 2.94. The zero-order valence-corrected chi connectivity index (χ0v) is 16.0. The lowest BCUT2D eigenvalue weighted by molar-refractivity contribution is 0.205. The molecule has 0 saturated carbocycles. The number of rotatable bonds is 4. The number of amides is 2. The van der Waals surface area contributed by atoms with Gasteiger partial charge < -0.3 is 15.2 Å². The Morgan fingerprint density at radius 1 is 1.12 bits per heavy atom. The number of hydrogen-bond acceptors (Lipinski definition) is 3. The summed E-state index contributed by atoms with van der Waals surface area (Å²) >= 11 is 0. The van der Waals surface area contributed by atoms with Gasteiger partial charge in [-0.2, -0.15) is 0 Å². The van der Waals surface area contributed by atoms with Crippen molar-refractivity contribution in [3.8, 4) is 0 Å². The van der Waals surface area contributed by atoms with Crippen LogP contribution in [0.25, 0.3) is 11.0 Å². The second-order valence-electron chi connectivity index (χ2n) is 6.90. The molecule has 0 bridgehead atoms. The first-order valence-corrected chi connectivity index (χ1v) is 8.70. The molecule has 2 N–H and O–H groups in total. The lowest BCUT2D eigenvalue weighted by Crippen LogP contribution is -2.36. The molecule has 6 heteroatoms. The van der Waals surface area contributed by atoms with Gasteiger partial charge in [-0.05, 0) is 68.1 Å². The number of benzene rings is 1. The minimum atomic E-state index is -0.141. The summed E-state index contributed by atoms with van der Waals surface area (Å²) in [5.74, 6) is 0.774. The molecular weight excluding hydrogens is 326 g/mol. The molecule has 2 heterocycles. The molecule has 26 heavy (non-hydrogen) atoms. The highest BCUT2D eigenvalue weighted by atomic mass is 16.2. The Bertz CT molecular complexity index is 921. The van der Waals surface area contributed by atoms with E-state index < -0.39 is 0 Å². The molecule has 0 atom stereocenters. The minimum Gasteiger partial charge on any atom is -0.340 e. The molecule has 0 saturated heterocycles. The fraction of sp³-hybridized carbons (Fsp3) is 0.350. The first kappa shape index (κ1) is 17.9. The fourth-order valence-electron chi connectivity index (χ4n) is 2.91. The third-order valence-corrected chi connectivity index (χ3v) is 4.67. The molecule has 0 aliphatic rings. The zero-order chi connectivity index (χ0) is 18.8. The Labute approximate surface area is 153 Å². The number of pyridine rings is 1. The topological polar surface area (TPSA) is 73.9 Å². The van der Waals surface area contributed by atoms with Crippen molar-refractivity contribution in [3.05, 3.63) is 58.2 Å². The third-order valence-electron chi connectivity index (χ3n) is 4.67. The second kappa shape index (κ2) is 7.15. The number of nitrogens with zero attached hydrogens (tertiary/aromatic N) is 3. The molecule has 6 nitrogen and oxygen atoms in total. The molecule has 0 aliphatic heterocycles. The van der Waals surface area contributed by atoms with Crippen LogP contribution in [0.1, 0.15) is 33.8 Å². The van der Waals surface area contributed by atoms with Gasteiger partial charge in [-0.25, -0.2) is 9.78 Å². The largest absolute Gasteiger partial charge is 0.340 e. The van der Waals surface area contributed by atoms with Crippen LogP contribution < -0.4 is 5.32 Å². The van der Waals surface area contributed by atoms with Crippen LogP contribution in [0, 0.1) is 27.7 Å². The van der Waals surface area contributed by atoms with Crippen molar-refractivity contribution in [1.82, 2.24) is 25.2 Å². The van der Waals surface area contributed by atoms with E-state index in [0.29, 0.717) is 13.1 Å². The van der Waals surface area contributed by atoms with E-state index in [2.05, 4.69) is 46.2 Å². The molecule has 0 fully saturated rings. The van der Waals surface area contributed by atoms with Crippen molar-refractivity contribution in [3.63, 3.8) is 0 Å². The van der Waals surface area contributed by atoms with Crippen LogP contribution in [-0.4, -0.2) is 32.9 Å². The molecule has 0 unspecified atom stereocenters. The summed E-state index contributed by atoms with van der Waals surface area (Å²) in [5.41, 5.74) is 7.49. The molecule has 2 amide bonds. The second-order valence-corrected chi connectivity index (χ2v) is 6.90. The van der Waals surface area contributed by atoms with Gasteiger partial charge in [0.1, 0.15) is 5.82 Å². The van der Waals surface area contributed by atoms with Crippen molar-refractivity contribution in [1.29, 1.82) is 0 Å². The molecule has 1 aromatic carbocycles. The SMILES string of the molecule is Cc1cc(C)c(CNC(=O)N(C)Cc2nc3cc(C)c(C)cc3[nH]2)cn1. The first-order valence-electron chi connectivity index (χ1n) is 8.70. The maximum atomic E-state index is 12.4. The number of H-pyrrole nitrogens is 1.